The van der Waals surface area contributed by atoms with Gasteiger partial charge in [-0.15, -0.1) is 0 Å². The molecule has 1 aliphatic heterocycles. The maximum absolute atomic E-state index is 11.9. The summed E-state index contributed by atoms with van der Waals surface area (Å²) in [5, 5.41) is 3.19. The van der Waals surface area contributed by atoms with Crippen LogP contribution in [0, 0.1) is 11.3 Å². The van der Waals surface area contributed by atoms with Crippen molar-refractivity contribution in [1.29, 1.82) is 0 Å². The van der Waals surface area contributed by atoms with Gasteiger partial charge in [0, 0.05) is 19.1 Å². The van der Waals surface area contributed by atoms with Crippen LogP contribution in [0.4, 0.5) is 0 Å². The lowest BCUT2D eigenvalue weighted by molar-refractivity contribution is -0.132. The molecule has 1 N–H and O–H groups in total. The van der Waals surface area contributed by atoms with Crippen LogP contribution in [0.25, 0.3) is 0 Å². The maximum atomic E-state index is 11.9. The van der Waals surface area contributed by atoms with Crippen molar-refractivity contribution in [2.24, 2.45) is 11.3 Å². The van der Waals surface area contributed by atoms with E-state index in [1.54, 1.807) is 0 Å². The normalized spacial score (nSPS) is 18.8. The maximum Gasteiger partial charge on any atom is 0.236 e. The Morgan fingerprint density at radius 3 is 2.24 bits per heavy atom. The molecule has 0 saturated carbocycles. The number of amides is 1. The number of nitrogens with one attached hydrogen (secondary N) is 1. The zero-order valence-corrected chi connectivity index (χ0v) is 12.0. The van der Waals surface area contributed by atoms with E-state index in [-0.39, 0.29) is 5.91 Å². The number of rotatable bonds is 3. The third kappa shape index (κ3) is 4.66. The molecule has 0 atom stereocenters. The second kappa shape index (κ2) is 5.85. The molecule has 100 valence electrons. The molecule has 1 amide bonds. The van der Waals surface area contributed by atoms with E-state index in [2.05, 4.69) is 39.9 Å². The summed E-state index contributed by atoms with van der Waals surface area (Å²) >= 11 is 0. The molecule has 0 radical (unpaired) electrons. The van der Waals surface area contributed by atoms with E-state index in [9.17, 15) is 4.79 Å². The summed E-state index contributed by atoms with van der Waals surface area (Å²) in [6, 6.07) is 0.381. The van der Waals surface area contributed by atoms with E-state index in [4.69, 9.17) is 0 Å². The van der Waals surface area contributed by atoms with Gasteiger partial charge in [-0.1, -0.05) is 34.6 Å². The van der Waals surface area contributed by atoms with E-state index < -0.39 is 0 Å². The summed E-state index contributed by atoms with van der Waals surface area (Å²) < 4.78 is 0. The van der Waals surface area contributed by atoms with Crippen LogP contribution in [-0.2, 0) is 4.79 Å². The smallest absolute Gasteiger partial charge is 0.236 e. The minimum Gasteiger partial charge on any atom is -0.342 e. The highest BCUT2D eigenvalue weighted by Gasteiger charge is 2.30. The molecule has 0 bridgehead atoms. The molecule has 0 aromatic carbocycles. The molecule has 1 saturated heterocycles. The zero-order valence-electron chi connectivity index (χ0n) is 12.0. The Morgan fingerprint density at radius 1 is 1.29 bits per heavy atom. The van der Waals surface area contributed by atoms with Crippen molar-refractivity contribution in [3.8, 4) is 0 Å². The van der Waals surface area contributed by atoms with E-state index in [1.165, 1.54) is 0 Å². The van der Waals surface area contributed by atoms with Crippen molar-refractivity contribution in [1.82, 2.24) is 10.2 Å². The third-order valence-electron chi connectivity index (χ3n) is 3.73. The van der Waals surface area contributed by atoms with E-state index in [1.807, 2.05) is 4.90 Å². The number of hydrogen-bond acceptors (Lipinski definition) is 2. The van der Waals surface area contributed by atoms with Crippen LogP contribution in [0.5, 0.6) is 0 Å². The molecular formula is C14H28N2O. The predicted octanol–water partition coefficient (Wildman–Crippen LogP) is 2.27. The average Bonchev–Trinajstić information content (AvgIpc) is 2.25. The Morgan fingerprint density at radius 2 is 1.82 bits per heavy atom. The molecular weight excluding hydrogens is 212 g/mol. The molecule has 1 fully saturated rings. The summed E-state index contributed by atoms with van der Waals surface area (Å²) in [4.78, 5) is 13.9. The highest BCUT2D eigenvalue weighted by Crippen LogP contribution is 2.34. The SMILES string of the molecule is CC(C)NCC(=O)N1CCC(C(C)(C)C)CC1. The second-order valence-electron chi connectivity index (χ2n) is 6.56. The number of likely N-dealkylation sites (tertiary alicyclic amines) is 1. The zero-order chi connectivity index (χ0) is 13.1. The van der Waals surface area contributed by atoms with Crippen molar-refractivity contribution in [3.63, 3.8) is 0 Å². The van der Waals surface area contributed by atoms with Gasteiger partial charge in [-0.05, 0) is 24.2 Å². The summed E-state index contributed by atoms with van der Waals surface area (Å²) in [7, 11) is 0. The van der Waals surface area contributed by atoms with Crippen LogP contribution in [0.2, 0.25) is 0 Å². The molecule has 0 aromatic rings. The number of carbonyl (C=O) groups is 1. The molecule has 1 heterocycles. The van der Waals surface area contributed by atoms with Gasteiger partial charge >= 0.3 is 0 Å². The summed E-state index contributed by atoms with van der Waals surface area (Å²) in [6.45, 7) is 13.4. The van der Waals surface area contributed by atoms with Crippen LogP contribution in [0.15, 0.2) is 0 Å². The minimum atomic E-state index is 0.256. The summed E-state index contributed by atoms with van der Waals surface area (Å²) in [6.07, 6.45) is 2.30. The Hall–Kier alpha value is -0.570. The van der Waals surface area contributed by atoms with Crippen molar-refractivity contribution < 1.29 is 4.79 Å². The first-order valence-corrected chi connectivity index (χ1v) is 6.82. The van der Waals surface area contributed by atoms with Gasteiger partial charge < -0.3 is 10.2 Å². The van der Waals surface area contributed by atoms with Gasteiger partial charge in [0.2, 0.25) is 5.91 Å². The van der Waals surface area contributed by atoms with Crippen LogP contribution in [0.3, 0.4) is 0 Å². The quantitative estimate of drug-likeness (QED) is 0.821. The number of hydrogen-bond donors (Lipinski definition) is 1. The van der Waals surface area contributed by atoms with Crippen molar-refractivity contribution in [2.45, 2.75) is 53.5 Å². The van der Waals surface area contributed by atoms with Gasteiger partial charge in [-0.3, -0.25) is 4.79 Å². The van der Waals surface area contributed by atoms with Crippen molar-refractivity contribution in [2.75, 3.05) is 19.6 Å². The van der Waals surface area contributed by atoms with Gasteiger partial charge in [0.25, 0.3) is 0 Å². The van der Waals surface area contributed by atoms with Crippen LogP contribution < -0.4 is 5.32 Å². The molecule has 3 heteroatoms. The lowest BCUT2D eigenvalue weighted by atomic mass is 9.75. The van der Waals surface area contributed by atoms with Gasteiger partial charge in [0.15, 0.2) is 0 Å². The molecule has 0 unspecified atom stereocenters. The Balaban J connectivity index is 2.34. The van der Waals surface area contributed by atoms with Crippen LogP contribution >= 0.6 is 0 Å². The largest absolute Gasteiger partial charge is 0.342 e. The van der Waals surface area contributed by atoms with Gasteiger partial charge in [0.1, 0.15) is 0 Å². The van der Waals surface area contributed by atoms with Gasteiger partial charge in [0.05, 0.1) is 6.54 Å². The molecule has 1 aliphatic rings. The molecule has 0 aliphatic carbocycles. The Kier molecular flexibility index (Phi) is 4.99. The first-order chi connectivity index (χ1) is 7.80. The number of carbonyl (C=O) groups excluding carboxylic acids is 1. The molecule has 0 aromatic heterocycles. The highest BCUT2D eigenvalue weighted by atomic mass is 16.2. The average molecular weight is 240 g/mol. The highest BCUT2D eigenvalue weighted by molar-refractivity contribution is 5.78. The fourth-order valence-corrected chi connectivity index (χ4v) is 2.40. The van der Waals surface area contributed by atoms with Crippen LogP contribution in [0.1, 0.15) is 47.5 Å². The Bertz CT molecular complexity index is 247. The predicted molar refractivity (Wildman–Crippen MR) is 71.9 cm³/mol. The summed E-state index contributed by atoms with van der Waals surface area (Å²) in [5.74, 6) is 1.01. The molecule has 17 heavy (non-hydrogen) atoms. The fraction of sp³-hybridized carbons (Fsp3) is 0.929. The minimum absolute atomic E-state index is 0.256. The first-order valence-electron chi connectivity index (χ1n) is 6.82. The molecule has 0 spiro atoms. The van der Waals surface area contributed by atoms with Crippen molar-refractivity contribution >= 4 is 5.91 Å². The van der Waals surface area contributed by atoms with Gasteiger partial charge in [-0.25, -0.2) is 0 Å². The molecule has 1 rings (SSSR count). The second-order valence-corrected chi connectivity index (χ2v) is 6.56. The standard InChI is InChI=1S/C14H28N2O/c1-11(2)15-10-13(17)16-8-6-12(7-9-16)14(3,4)5/h11-12,15H,6-10H2,1-5H3. The van der Waals surface area contributed by atoms with E-state index in [0.717, 1.165) is 31.8 Å². The fourth-order valence-electron chi connectivity index (χ4n) is 2.40. The monoisotopic (exact) mass is 240 g/mol. The van der Waals surface area contributed by atoms with Gasteiger partial charge in [-0.2, -0.15) is 0 Å². The summed E-state index contributed by atoms with van der Waals surface area (Å²) in [5.41, 5.74) is 0.380. The number of nitrogens with zero attached hydrogens (tertiary/aromatic N) is 1. The third-order valence-corrected chi connectivity index (χ3v) is 3.73. The number of piperidine rings is 1. The van der Waals surface area contributed by atoms with Crippen LogP contribution in [-0.4, -0.2) is 36.5 Å². The lowest BCUT2D eigenvalue weighted by Gasteiger charge is -2.38. The topological polar surface area (TPSA) is 32.3 Å². The Labute approximate surface area is 106 Å². The van der Waals surface area contributed by atoms with E-state index >= 15 is 0 Å². The van der Waals surface area contributed by atoms with E-state index in [0.29, 0.717) is 18.0 Å². The van der Waals surface area contributed by atoms with Crippen molar-refractivity contribution in [3.05, 3.63) is 0 Å². The lowest BCUT2D eigenvalue weighted by Crippen LogP contribution is -2.45. The first kappa shape index (κ1) is 14.5. The molecule has 3 nitrogen and oxygen atoms in total.